The lowest BCUT2D eigenvalue weighted by Gasteiger charge is -2.13. The van der Waals surface area contributed by atoms with Crippen LogP contribution >= 0.6 is 11.6 Å². The molecule has 1 fully saturated rings. The number of imide groups is 1. The largest absolute Gasteiger partial charge is 0.329 e. The van der Waals surface area contributed by atoms with Crippen molar-refractivity contribution in [3.05, 3.63) is 87.8 Å². The van der Waals surface area contributed by atoms with E-state index in [1.807, 2.05) is 73.9 Å². The minimum absolute atomic E-state index is 0.128. The summed E-state index contributed by atoms with van der Waals surface area (Å²) in [7, 11) is 0. The minimum atomic E-state index is -0.623. The number of carbonyl (C=O) groups is 3. The Balaban J connectivity index is 1.53. The van der Waals surface area contributed by atoms with Crippen molar-refractivity contribution < 1.29 is 14.4 Å². The number of aromatic nitrogens is 1. The van der Waals surface area contributed by atoms with Crippen LogP contribution in [0.3, 0.4) is 0 Å². The summed E-state index contributed by atoms with van der Waals surface area (Å²) in [5, 5.41) is 6.03. The van der Waals surface area contributed by atoms with Gasteiger partial charge in [-0.05, 0) is 73.9 Å². The fourth-order valence-corrected chi connectivity index (χ4v) is 4.20. The smallest absolute Gasteiger partial charge is 0.324 e. The Kier molecular flexibility index (Phi) is 6.56. The number of nitrogens with one attached hydrogen (secondary N) is 2. The van der Waals surface area contributed by atoms with Crippen LogP contribution in [0.1, 0.15) is 29.4 Å². The van der Waals surface area contributed by atoms with Gasteiger partial charge in [0.25, 0.3) is 5.91 Å². The third-order valence-electron chi connectivity index (χ3n) is 5.79. The number of hydrogen-bond donors (Lipinski definition) is 2. The van der Waals surface area contributed by atoms with Gasteiger partial charge in [-0.25, -0.2) is 9.69 Å². The maximum atomic E-state index is 12.9. The molecule has 2 N–H and O–H groups in total. The standard InChI is InChI=1S/C26H25ClN4O3/c1-4-18-7-5-6-8-22(18)28-24(32)15-30-25(33)23(29-26(30)34)14-19-13-16(2)31(17(19)3)21-11-9-20(27)10-12-21/h5-14H,4,15H2,1-3H3,(H,28,32)(H,29,34)/b23-14-. The van der Waals surface area contributed by atoms with Crippen LogP contribution in [0, 0.1) is 13.8 Å². The van der Waals surface area contributed by atoms with Crippen molar-refractivity contribution in [3.63, 3.8) is 0 Å². The summed E-state index contributed by atoms with van der Waals surface area (Å²) in [6.45, 7) is 5.52. The van der Waals surface area contributed by atoms with E-state index >= 15 is 0 Å². The average molecular weight is 477 g/mol. The first-order valence-corrected chi connectivity index (χ1v) is 11.3. The molecule has 0 spiro atoms. The molecule has 2 heterocycles. The summed E-state index contributed by atoms with van der Waals surface area (Å²) in [5.41, 5.74) is 5.38. The summed E-state index contributed by atoms with van der Waals surface area (Å²) in [6.07, 6.45) is 2.39. The molecule has 4 rings (SSSR count). The fourth-order valence-electron chi connectivity index (χ4n) is 4.08. The van der Waals surface area contributed by atoms with E-state index in [9.17, 15) is 14.4 Å². The van der Waals surface area contributed by atoms with Crippen LogP contribution in [0.5, 0.6) is 0 Å². The van der Waals surface area contributed by atoms with E-state index in [0.717, 1.165) is 39.5 Å². The van der Waals surface area contributed by atoms with Crippen molar-refractivity contribution in [1.29, 1.82) is 0 Å². The predicted molar refractivity (Wildman–Crippen MR) is 133 cm³/mol. The Morgan fingerprint density at radius 1 is 1.09 bits per heavy atom. The van der Waals surface area contributed by atoms with Crippen molar-refractivity contribution in [2.24, 2.45) is 0 Å². The van der Waals surface area contributed by atoms with Crippen LogP contribution in [0.25, 0.3) is 11.8 Å². The lowest BCUT2D eigenvalue weighted by atomic mass is 10.1. The highest BCUT2D eigenvalue weighted by atomic mass is 35.5. The number of rotatable bonds is 6. The van der Waals surface area contributed by atoms with Gasteiger partial charge in [-0.3, -0.25) is 9.59 Å². The van der Waals surface area contributed by atoms with Gasteiger partial charge in [0.05, 0.1) is 0 Å². The Hall–Kier alpha value is -3.84. The SMILES string of the molecule is CCc1ccccc1NC(=O)CN1C(=O)N/C(=C\c2cc(C)n(-c3ccc(Cl)cc3)c2C)C1=O. The second-order valence-electron chi connectivity index (χ2n) is 8.08. The predicted octanol–water partition coefficient (Wildman–Crippen LogP) is 4.84. The fraction of sp³-hybridized carbons (Fsp3) is 0.192. The summed E-state index contributed by atoms with van der Waals surface area (Å²) in [4.78, 5) is 38.8. The lowest BCUT2D eigenvalue weighted by Crippen LogP contribution is -2.38. The minimum Gasteiger partial charge on any atom is -0.324 e. The van der Waals surface area contributed by atoms with E-state index in [1.165, 1.54) is 0 Å². The average Bonchev–Trinajstić information content (AvgIpc) is 3.24. The van der Waals surface area contributed by atoms with Crippen LogP contribution in [-0.2, 0) is 16.0 Å². The summed E-state index contributed by atoms with van der Waals surface area (Å²) in [6, 6.07) is 16.2. The third-order valence-corrected chi connectivity index (χ3v) is 6.04. The van der Waals surface area contributed by atoms with Crippen molar-refractivity contribution in [2.75, 3.05) is 11.9 Å². The molecule has 0 atom stereocenters. The molecule has 2 aromatic carbocycles. The molecule has 0 bridgehead atoms. The molecule has 0 radical (unpaired) electrons. The number of halogens is 1. The molecule has 1 saturated heterocycles. The molecule has 8 heteroatoms. The van der Waals surface area contributed by atoms with Gasteiger partial charge in [0.15, 0.2) is 0 Å². The van der Waals surface area contributed by atoms with Crippen LogP contribution in [0.4, 0.5) is 10.5 Å². The van der Waals surface area contributed by atoms with E-state index in [0.29, 0.717) is 10.7 Å². The van der Waals surface area contributed by atoms with E-state index in [1.54, 1.807) is 12.1 Å². The molecule has 1 aliphatic rings. The topological polar surface area (TPSA) is 83.4 Å². The maximum Gasteiger partial charge on any atom is 0.329 e. The zero-order valence-corrected chi connectivity index (χ0v) is 19.9. The highest BCUT2D eigenvalue weighted by Gasteiger charge is 2.35. The van der Waals surface area contributed by atoms with E-state index in [2.05, 4.69) is 10.6 Å². The number of hydrogen-bond acceptors (Lipinski definition) is 3. The summed E-state index contributed by atoms with van der Waals surface area (Å²) >= 11 is 6.01. The first-order chi connectivity index (χ1) is 16.3. The number of para-hydroxylation sites is 1. The Bertz CT molecular complexity index is 1310. The quantitative estimate of drug-likeness (QED) is 0.394. The van der Waals surface area contributed by atoms with Crippen LogP contribution < -0.4 is 10.6 Å². The number of aryl methyl sites for hydroxylation is 2. The van der Waals surface area contributed by atoms with Gasteiger partial charge in [0, 0.05) is 27.8 Å². The highest BCUT2D eigenvalue weighted by molar-refractivity contribution is 6.30. The van der Waals surface area contributed by atoms with E-state index in [-0.39, 0.29) is 12.2 Å². The van der Waals surface area contributed by atoms with Gasteiger partial charge in [-0.2, -0.15) is 0 Å². The van der Waals surface area contributed by atoms with Gasteiger partial charge >= 0.3 is 6.03 Å². The van der Waals surface area contributed by atoms with Crippen LogP contribution in [0.2, 0.25) is 5.02 Å². The zero-order chi connectivity index (χ0) is 24.4. The third kappa shape index (κ3) is 4.61. The molecule has 0 unspecified atom stereocenters. The molecule has 3 aromatic rings. The lowest BCUT2D eigenvalue weighted by molar-refractivity contribution is -0.127. The second-order valence-corrected chi connectivity index (χ2v) is 8.51. The second kappa shape index (κ2) is 9.57. The summed E-state index contributed by atoms with van der Waals surface area (Å²) < 4.78 is 2.04. The molecule has 0 aliphatic carbocycles. The number of nitrogens with zero attached hydrogens (tertiary/aromatic N) is 2. The number of urea groups is 1. The van der Waals surface area contributed by atoms with Crippen molar-refractivity contribution in [1.82, 2.24) is 14.8 Å². The zero-order valence-electron chi connectivity index (χ0n) is 19.2. The van der Waals surface area contributed by atoms with Crippen molar-refractivity contribution in [2.45, 2.75) is 27.2 Å². The highest BCUT2D eigenvalue weighted by Crippen LogP contribution is 2.25. The molecule has 1 aliphatic heterocycles. The summed E-state index contributed by atoms with van der Waals surface area (Å²) in [5.74, 6) is -0.980. The molecule has 1 aromatic heterocycles. The Morgan fingerprint density at radius 2 is 1.79 bits per heavy atom. The molecule has 7 nitrogen and oxygen atoms in total. The monoisotopic (exact) mass is 476 g/mol. The van der Waals surface area contributed by atoms with Gasteiger partial charge in [-0.15, -0.1) is 0 Å². The van der Waals surface area contributed by atoms with Crippen LogP contribution in [-0.4, -0.2) is 33.9 Å². The van der Waals surface area contributed by atoms with E-state index < -0.39 is 17.8 Å². The number of carbonyl (C=O) groups excluding carboxylic acids is 3. The number of benzene rings is 2. The van der Waals surface area contributed by atoms with Crippen molar-refractivity contribution in [3.8, 4) is 5.69 Å². The molecular formula is C26H25ClN4O3. The van der Waals surface area contributed by atoms with Gasteiger partial charge in [0.2, 0.25) is 5.91 Å². The molecular weight excluding hydrogens is 452 g/mol. The Morgan fingerprint density at radius 3 is 2.50 bits per heavy atom. The normalized spacial score (nSPS) is 14.6. The number of amides is 4. The van der Waals surface area contributed by atoms with Gasteiger partial charge < -0.3 is 15.2 Å². The van der Waals surface area contributed by atoms with Gasteiger partial charge in [0.1, 0.15) is 12.2 Å². The first kappa shape index (κ1) is 23.3. The molecule has 174 valence electrons. The van der Waals surface area contributed by atoms with Gasteiger partial charge in [-0.1, -0.05) is 36.7 Å². The number of anilines is 1. The van der Waals surface area contributed by atoms with E-state index in [4.69, 9.17) is 11.6 Å². The maximum absolute atomic E-state index is 12.9. The first-order valence-electron chi connectivity index (χ1n) is 11.0. The Labute approximate surface area is 203 Å². The van der Waals surface area contributed by atoms with Crippen molar-refractivity contribution >= 4 is 41.2 Å². The molecule has 4 amide bonds. The van der Waals surface area contributed by atoms with Crippen LogP contribution in [0.15, 0.2) is 60.3 Å². The molecule has 34 heavy (non-hydrogen) atoms. The molecule has 0 saturated carbocycles.